The Morgan fingerprint density at radius 1 is 1.21 bits per heavy atom. The first-order chi connectivity index (χ1) is 11.7. The van der Waals surface area contributed by atoms with Crippen LogP contribution in [0.3, 0.4) is 0 Å². The second kappa shape index (κ2) is 8.38. The van der Waals surface area contributed by atoms with E-state index in [1.165, 1.54) is 25.8 Å². The van der Waals surface area contributed by atoms with Crippen LogP contribution in [0.5, 0.6) is 11.5 Å². The molecule has 2 aliphatic rings. The van der Waals surface area contributed by atoms with E-state index in [4.69, 9.17) is 9.47 Å². The third kappa shape index (κ3) is 5.13. The van der Waals surface area contributed by atoms with Gasteiger partial charge in [0.15, 0.2) is 0 Å². The highest BCUT2D eigenvalue weighted by Gasteiger charge is 2.34. The van der Waals surface area contributed by atoms with Gasteiger partial charge in [-0.1, -0.05) is 0 Å². The molecule has 0 spiro atoms. The van der Waals surface area contributed by atoms with Gasteiger partial charge in [-0.25, -0.2) is 0 Å². The predicted molar refractivity (Wildman–Crippen MR) is 93.4 cm³/mol. The van der Waals surface area contributed by atoms with Crippen LogP contribution >= 0.6 is 0 Å². The highest BCUT2D eigenvalue weighted by molar-refractivity contribution is 5.75. The van der Waals surface area contributed by atoms with Crippen molar-refractivity contribution in [3.05, 3.63) is 24.3 Å². The standard InChI is InChI=1S/C19H28N2O3/c1-23-17-6-8-18(9-7-17)24-12-2-3-19(22)20-13-15-10-11-21(14-15)16-4-5-16/h6-9,15-16H,2-5,10-14H2,1H3,(H,20,22). The minimum atomic E-state index is 0.137. The van der Waals surface area contributed by atoms with Crippen LogP contribution in [0.4, 0.5) is 0 Å². The van der Waals surface area contributed by atoms with Gasteiger partial charge in [0.1, 0.15) is 11.5 Å². The van der Waals surface area contributed by atoms with Crippen molar-refractivity contribution in [2.45, 2.75) is 38.1 Å². The summed E-state index contributed by atoms with van der Waals surface area (Å²) in [6.07, 6.45) is 5.21. The van der Waals surface area contributed by atoms with Gasteiger partial charge in [-0.05, 0) is 62.4 Å². The summed E-state index contributed by atoms with van der Waals surface area (Å²) >= 11 is 0. The lowest BCUT2D eigenvalue weighted by atomic mass is 10.1. The van der Waals surface area contributed by atoms with Crippen molar-refractivity contribution in [1.29, 1.82) is 0 Å². The van der Waals surface area contributed by atoms with E-state index in [0.717, 1.165) is 37.1 Å². The first-order valence-corrected chi connectivity index (χ1v) is 9.02. The van der Waals surface area contributed by atoms with Gasteiger partial charge in [-0.3, -0.25) is 4.79 Å². The Morgan fingerprint density at radius 3 is 2.67 bits per heavy atom. The first kappa shape index (κ1) is 17.1. The first-order valence-electron chi connectivity index (χ1n) is 9.02. The van der Waals surface area contributed by atoms with E-state index in [1.54, 1.807) is 7.11 Å². The Kier molecular flexibility index (Phi) is 5.96. The summed E-state index contributed by atoms with van der Waals surface area (Å²) in [6.45, 7) is 3.74. The number of hydrogen-bond donors (Lipinski definition) is 1. The molecule has 1 aromatic rings. The maximum absolute atomic E-state index is 11.9. The molecular formula is C19H28N2O3. The normalized spacial score (nSPS) is 20.8. The Hall–Kier alpha value is -1.75. The van der Waals surface area contributed by atoms with Gasteiger partial charge in [0.2, 0.25) is 5.91 Å². The lowest BCUT2D eigenvalue weighted by Crippen LogP contribution is -2.31. The van der Waals surface area contributed by atoms with Gasteiger partial charge in [-0.15, -0.1) is 0 Å². The van der Waals surface area contributed by atoms with E-state index in [9.17, 15) is 4.79 Å². The van der Waals surface area contributed by atoms with Crippen molar-refractivity contribution in [1.82, 2.24) is 10.2 Å². The molecule has 132 valence electrons. The van der Waals surface area contributed by atoms with Gasteiger partial charge in [-0.2, -0.15) is 0 Å². The molecular weight excluding hydrogens is 304 g/mol. The second-order valence-electron chi connectivity index (χ2n) is 6.81. The SMILES string of the molecule is COc1ccc(OCCCC(=O)NCC2CCN(C3CC3)C2)cc1. The maximum atomic E-state index is 11.9. The molecule has 1 unspecified atom stereocenters. The molecule has 5 nitrogen and oxygen atoms in total. The Balaban J connectivity index is 1.24. The molecule has 1 aliphatic carbocycles. The smallest absolute Gasteiger partial charge is 0.220 e. The summed E-state index contributed by atoms with van der Waals surface area (Å²) < 4.78 is 10.7. The maximum Gasteiger partial charge on any atom is 0.220 e. The number of likely N-dealkylation sites (tertiary alicyclic amines) is 1. The van der Waals surface area contributed by atoms with Crippen LogP contribution in [-0.4, -0.2) is 50.2 Å². The third-order valence-corrected chi connectivity index (χ3v) is 4.84. The Morgan fingerprint density at radius 2 is 1.96 bits per heavy atom. The van der Waals surface area contributed by atoms with Crippen molar-refractivity contribution in [3.8, 4) is 11.5 Å². The molecule has 5 heteroatoms. The van der Waals surface area contributed by atoms with Crippen molar-refractivity contribution in [3.63, 3.8) is 0 Å². The molecule has 3 rings (SSSR count). The van der Waals surface area contributed by atoms with E-state index >= 15 is 0 Å². The van der Waals surface area contributed by atoms with Gasteiger partial charge in [0, 0.05) is 25.6 Å². The summed E-state index contributed by atoms with van der Waals surface area (Å²) in [5.41, 5.74) is 0. The predicted octanol–water partition coefficient (Wildman–Crippen LogP) is 2.45. The lowest BCUT2D eigenvalue weighted by molar-refractivity contribution is -0.121. The molecule has 24 heavy (non-hydrogen) atoms. The van der Waals surface area contributed by atoms with Crippen molar-refractivity contribution in [2.75, 3.05) is 33.4 Å². The second-order valence-corrected chi connectivity index (χ2v) is 6.81. The van der Waals surface area contributed by atoms with Crippen LogP contribution < -0.4 is 14.8 Å². The third-order valence-electron chi connectivity index (χ3n) is 4.84. The average molecular weight is 332 g/mol. The van der Waals surface area contributed by atoms with Crippen molar-refractivity contribution < 1.29 is 14.3 Å². The van der Waals surface area contributed by atoms with Crippen LogP contribution in [0.25, 0.3) is 0 Å². The van der Waals surface area contributed by atoms with Crippen LogP contribution in [0.1, 0.15) is 32.1 Å². The quantitative estimate of drug-likeness (QED) is 0.706. The molecule has 1 aromatic carbocycles. The van der Waals surface area contributed by atoms with Crippen molar-refractivity contribution >= 4 is 5.91 Å². The Bertz CT molecular complexity index is 528. The number of rotatable bonds is 9. The molecule has 2 fully saturated rings. The van der Waals surface area contributed by atoms with Crippen molar-refractivity contribution in [2.24, 2.45) is 5.92 Å². The molecule has 0 bridgehead atoms. The zero-order valence-electron chi connectivity index (χ0n) is 14.5. The molecule has 1 N–H and O–H groups in total. The Labute approximate surface area is 144 Å². The topological polar surface area (TPSA) is 50.8 Å². The summed E-state index contributed by atoms with van der Waals surface area (Å²) in [4.78, 5) is 14.5. The van der Waals surface area contributed by atoms with E-state index in [0.29, 0.717) is 18.9 Å². The van der Waals surface area contributed by atoms with Crippen LogP contribution in [0.15, 0.2) is 24.3 Å². The summed E-state index contributed by atoms with van der Waals surface area (Å²) in [5, 5.41) is 3.08. The number of hydrogen-bond acceptors (Lipinski definition) is 4. The zero-order chi connectivity index (χ0) is 16.8. The molecule has 1 saturated heterocycles. The number of carbonyl (C=O) groups excluding carboxylic acids is 1. The minimum Gasteiger partial charge on any atom is -0.497 e. The summed E-state index contributed by atoms with van der Waals surface area (Å²) in [7, 11) is 1.64. The fraction of sp³-hybridized carbons (Fsp3) is 0.632. The average Bonchev–Trinajstić information content (AvgIpc) is 3.36. The zero-order valence-corrected chi connectivity index (χ0v) is 14.5. The van der Waals surface area contributed by atoms with Crippen LogP contribution in [0.2, 0.25) is 0 Å². The van der Waals surface area contributed by atoms with Crippen LogP contribution in [0, 0.1) is 5.92 Å². The largest absolute Gasteiger partial charge is 0.497 e. The lowest BCUT2D eigenvalue weighted by Gasteiger charge is -2.15. The number of nitrogens with one attached hydrogen (secondary N) is 1. The molecule has 1 atom stereocenters. The summed E-state index contributed by atoms with van der Waals surface area (Å²) in [5.74, 6) is 2.39. The molecule has 1 amide bonds. The highest BCUT2D eigenvalue weighted by Crippen LogP contribution is 2.31. The number of carbonyl (C=O) groups is 1. The highest BCUT2D eigenvalue weighted by atomic mass is 16.5. The van der Waals surface area contributed by atoms with Gasteiger partial charge >= 0.3 is 0 Å². The fourth-order valence-electron chi connectivity index (χ4n) is 3.24. The molecule has 1 heterocycles. The molecule has 0 radical (unpaired) electrons. The molecule has 0 aromatic heterocycles. The minimum absolute atomic E-state index is 0.137. The van der Waals surface area contributed by atoms with Gasteiger partial charge in [0.25, 0.3) is 0 Å². The van der Waals surface area contributed by atoms with Crippen LogP contribution in [-0.2, 0) is 4.79 Å². The van der Waals surface area contributed by atoms with Gasteiger partial charge in [0.05, 0.1) is 13.7 Å². The summed E-state index contributed by atoms with van der Waals surface area (Å²) in [6, 6.07) is 8.35. The number of ether oxygens (including phenoxy) is 2. The van der Waals surface area contributed by atoms with E-state index in [2.05, 4.69) is 10.2 Å². The molecule has 1 aliphatic heterocycles. The number of nitrogens with zero attached hydrogens (tertiary/aromatic N) is 1. The number of methoxy groups -OCH3 is 1. The fourth-order valence-corrected chi connectivity index (χ4v) is 3.24. The monoisotopic (exact) mass is 332 g/mol. The molecule has 1 saturated carbocycles. The number of benzene rings is 1. The van der Waals surface area contributed by atoms with Gasteiger partial charge < -0.3 is 19.7 Å². The van der Waals surface area contributed by atoms with E-state index in [1.807, 2.05) is 24.3 Å². The number of amides is 1. The van der Waals surface area contributed by atoms with E-state index in [-0.39, 0.29) is 5.91 Å². The van der Waals surface area contributed by atoms with E-state index < -0.39 is 0 Å².